The molecule has 1 aliphatic heterocycles. The van der Waals surface area contributed by atoms with E-state index in [4.69, 9.17) is 21.3 Å². The van der Waals surface area contributed by atoms with Crippen molar-refractivity contribution in [1.29, 1.82) is 0 Å². The lowest BCUT2D eigenvalue weighted by Gasteiger charge is -2.26. The number of hydrazine groups is 1. The Bertz CT molecular complexity index is 1180. The van der Waals surface area contributed by atoms with E-state index in [2.05, 4.69) is 26.1 Å². The smallest absolute Gasteiger partial charge is 0.355 e. The summed E-state index contributed by atoms with van der Waals surface area (Å²) in [6.45, 7) is 13.1. The molecule has 0 saturated heterocycles. The van der Waals surface area contributed by atoms with Gasteiger partial charge in [0.25, 0.3) is 0 Å². The fourth-order valence-electron chi connectivity index (χ4n) is 3.68. The molecule has 2 aromatic carbocycles. The van der Waals surface area contributed by atoms with Crippen LogP contribution in [0.2, 0.25) is 0 Å². The van der Waals surface area contributed by atoms with Gasteiger partial charge in [-0.3, -0.25) is 10.0 Å². The number of hydrogen-bond acceptors (Lipinski definition) is 8. The van der Waals surface area contributed by atoms with Gasteiger partial charge in [0.2, 0.25) is 0 Å². The maximum Gasteiger partial charge on any atom is 0.355 e. The number of aryl methyl sites for hydroxylation is 1. The van der Waals surface area contributed by atoms with Crippen molar-refractivity contribution in [2.75, 3.05) is 18.2 Å². The van der Waals surface area contributed by atoms with Crippen molar-refractivity contribution in [3.63, 3.8) is 0 Å². The van der Waals surface area contributed by atoms with Crippen LogP contribution in [0.1, 0.15) is 64.8 Å². The van der Waals surface area contributed by atoms with Gasteiger partial charge in [0.1, 0.15) is 17.7 Å². The number of halogens is 1. The van der Waals surface area contributed by atoms with Crippen LogP contribution >= 0.6 is 0 Å². The zero-order valence-electron chi connectivity index (χ0n) is 23.9. The summed E-state index contributed by atoms with van der Waals surface area (Å²) in [5.41, 5.74) is 9.65. The summed E-state index contributed by atoms with van der Waals surface area (Å²) in [6.07, 6.45) is 7.55. The minimum atomic E-state index is -0.630. The van der Waals surface area contributed by atoms with E-state index in [1.165, 1.54) is 36.2 Å². The summed E-state index contributed by atoms with van der Waals surface area (Å²) in [6, 6.07) is 12.0. The molecular formula is C30H43FN6O2. The average Bonchev–Trinajstić information content (AvgIpc) is 3.37. The predicted molar refractivity (Wildman–Crippen MR) is 157 cm³/mol. The number of anilines is 1. The number of rotatable bonds is 10. The van der Waals surface area contributed by atoms with Gasteiger partial charge in [-0.2, -0.15) is 0 Å². The van der Waals surface area contributed by atoms with Gasteiger partial charge in [-0.05, 0) is 62.1 Å². The van der Waals surface area contributed by atoms with Crippen LogP contribution in [-0.4, -0.2) is 29.7 Å². The second-order valence-corrected chi connectivity index (χ2v) is 9.56. The van der Waals surface area contributed by atoms with Crippen LogP contribution < -0.4 is 21.9 Å². The molecule has 0 saturated carbocycles. The molecule has 3 rings (SSSR count). The Morgan fingerprint density at radius 3 is 2.56 bits per heavy atom. The first kappa shape index (κ1) is 31.4. The zero-order chi connectivity index (χ0) is 28.9. The number of nitrogens with two attached hydrogens (primary N) is 2. The molecule has 9 heteroatoms. The Kier molecular flexibility index (Phi) is 12.5. The molecule has 0 spiro atoms. The largest absolute Gasteiger partial charge is 0.461 e. The number of carbonyl (C=O) groups excluding carboxylic acids is 1. The van der Waals surface area contributed by atoms with E-state index in [1.54, 1.807) is 13.0 Å². The Morgan fingerprint density at radius 2 is 1.95 bits per heavy atom. The highest BCUT2D eigenvalue weighted by atomic mass is 19.1. The maximum absolute atomic E-state index is 13.7. The van der Waals surface area contributed by atoms with Crippen LogP contribution in [0.15, 0.2) is 71.8 Å². The van der Waals surface area contributed by atoms with Crippen LogP contribution in [0.5, 0.6) is 0 Å². The van der Waals surface area contributed by atoms with Crippen LogP contribution in [0.4, 0.5) is 15.8 Å². The summed E-state index contributed by atoms with van der Waals surface area (Å²) < 4.78 is 18.5. The van der Waals surface area contributed by atoms with Crippen LogP contribution in [0, 0.1) is 18.7 Å². The number of ether oxygens (including phenoxy) is 1. The van der Waals surface area contributed by atoms with E-state index in [0.717, 1.165) is 28.4 Å². The van der Waals surface area contributed by atoms with Gasteiger partial charge in [-0.15, -0.1) is 0 Å². The standard InChI is InChI=1S/C24H29FN6O2.C6H14/c1-4-33-24(32)21(26)15-31(27)20-9-8-16(2)22(13-20)29-17(3)14-30-11-10-28-23(30)18-6-5-7-19(25)12-18;1-4-6(3)5-2/h5-13,15,23,28H,4,14,26-27H2,1-3H3;6H,4-5H2,1-3H3/b21-15-,29-17?;. The monoisotopic (exact) mass is 538 g/mol. The van der Waals surface area contributed by atoms with Gasteiger partial charge < -0.3 is 20.7 Å². The number of carbonyl (C=O) groups is 1. The molecule has 0 fully saturated rings. The average molecular weight is 539 g/mol. The van der Waals surface area contributed by atoms with E-state index in [1.807, 2.05) is 55.4 Å². The molecule has 1 atom stereocenters. The lowest BCUT2D eigenvalue weighted by molar-refractivity contribution is -0.138. The Labute approximate surface area is 232 Å². The third-order valence-corrected chi connectivity index (χ3v) is 6.41. The van der Waals surface area contributed by atoms with Crippen molar-refractivity contribution in [1.82, 2.24) is 10.2 Å². The van der Waals surface area contributed by atoms with E-state index in [9.17, 15) is 9.18 Å². The van der Waals surface area contributed by atoms with Crippen molar-refractivity contribution >= 4 is 23.1 Å². The van der Waals surface area contributed by atoms with Gasteiger partial charge >= 0.3 is 5.97 Å². The molecule has 0 aliphatic carbocycles. The molecule has 0 amide bonds. The van der Waals surface area contributed by atoms with Crippen LogP contribution in [0.3, 0.4) is 0 Å². The number of esters is 1. The third kappa shape index (κ3) is 9.76. The van der Waals surface area contributed by atoms with E-state index in [-0.39, 0.29) is 24.3 Å². The summed E-state index contributed by atoms with van der Waals surface area (Å²) in [5, 5.41) is 4.49. The van der Waals surface area contributed by atoms with Crippen molar-refractivity contribution < 1.29 is 13.9 Å². The lowest BCUT2D eigenvalue weighted by atomic mass is 10.1. The van der Waals surface area contributed by atoms with Gasteiger partial charge in [0.05, 0.1) is 30.7 Å². The van der Waals surface area contributed by atoms with Crippen molar-refractivity contribution in [2.45, 2.75) is 60.5 Å². The highest BCUT2D eigenvalue weighted by Crippen LogP contribution is 2.27. The number of aliphatic imine (C=N–C) groups is 1. The molecular weight excluding hydrogens is 495 g/mol. The Morgan fingerprint density at radius 1 is 1.23 bits per heavy atom. The van der Waals surface area contributed by atoms with Crippen molar-refractivity contribution in [3.05, 3.63) is 83.7 Å². The minimum Gasteiger partial charge on any atom is -0.461 e. The Balaban J connectivity index is 0.000000798. The van der Waals surface area contributed by atoms with Crippen LogP contribution in [0.25, 0.3) is 0 Å². The molecule has 5 N–H and O–H groups in total. The number of nitrogens with zero attached hydrogens (tertiary/aromatic N) is 3. The predicted octanol–water partition coefficient (Wildman–Crippen LogP) is 5.79. The number of nitrogens with one attached hydrogen (secondary N) is 1. The molecule has 8 nitrogen and oxygen atoms in total. The highest BCUT2D eigenvalue weighted by molar-refractivity contribution is 5.88. The first-order valence-corrected chi connectivity index (χ1v) is 13.4. The molecule has 1 heterocycles. The molecule has 0 radical (unpaired) electrons. The normalized spacial score (nSPS) is 15.1. The topological polar surface area (TPSA) is 109 Å². The third-order valence-electron chi connectivity index (χ3n) is 6.41. The maximum atomic E-state index is 13.7. The first-order valence-electron chi connectivity index (χ1n) is 13.4. The van der Waals surface area contributed by atoms with Gasteiger partial charge in [-0.1, -0.05) is 51.8 Å². The van der Waals surface area contributed by atoms with E-state index in [0.29, 0.717) is 12.2 Å². The van der Waals surface area contributed by atoms with Crippen molar-refractivity contribution in [2.24, 2.45) is 22.5 Å². The lowest BCUT2D eigenvalue weighted by Crippen LogP contribution is -2.30. The van der Waals surface area contributed by atoms with Crippen LogP contribution in [-0.2, 0) is 9.53 Å². The molecule has 1 aliphatic rings. The van der Waals surface area contributed by atoms with E-state index >= 15 is 0 Å². The first-order chi connectivity index (χ1) is 18.6. The minimum absolute atomic E-state index is 0.0992. The SMILES string of the molecule is CCC(C)CC.CCOC(=O)/C(N)=C/N(N)c1ccc(C)c(N=C(C)CN2C=CNC2c2cccc(F)c2)c1. The Hall–Kier alpha value is -3.85. The summed E-state index contributed by atoms with van der Waals surface area (Å²) in [7, 11) is 0. The van der Waals surface area contributed by atoms with E-state index < -0.39 is 5.97 Å². The van der Waals surface area contributed by atoms with Crippen molar-refractivity contribution in [3.8, 4) is 0 Å². The van der Waals surface area contributed by atoms with Gasteiger partial charge in [-0.25, -0.2) is 15.0 Å². The fraction of sp³-hybridized carbons (Fsp3) is 0.400. The zero-order valence-corrected chi connectivity index (χ0v) is 23.9. The molecule has 0 bridgehead atoms. The molecule has 212 valence electrons. The number of benzene rings is 2. The van der Waals surface area contributed by atoms with Gasteiger partial charge in [0.15, 0.2) is 0 Å². The molecule has 0 aromatic heterocycles. The summed E-state index contributed by atoms with van der Waals surface area (Å²) in [5.74, 6) is 6.10. The second-order valence-electron chi connectivity index (χ2n) is 9.56. The van der Waals surface area contributed by atoms with Gasteiger partial charge in [0, 0.05) is 18.1 Å². The summed E-state index contributed by atoms with van der Waals surface area (Å²) >= 11 is 0. The molecule has 1 unspecified atom stereocenters. The number of hydrogen-bond donors (Lipinski definition) is 3. The molecule has 2 aromatic rings. The fourth-order valence-corrected chi connectivity index (χ4v) is 3.68. The second kappa shape index (κ2) is 15.5. The highest BCUT2D eigenvalue weighted by Gasteiger charge is 2.21. The molecule has 39 heavy (non-hydrogen) atoms. The summed E-state index contributed by atoms with van der Waals surface area (Å²) in [4.78, 5) is 18.5. The quantitative estimate of drug-likeness (QED) is 0.116.